The van der Waals surface area contributed by atoms with E-state index in [0.717, 1.165) is 12.2 Å². The fourth-order valence-corrected chi connectivity index (χ4v) is 5.46. The van der Waals surface area contributed by atoms with E-state index in [0.29, 0.717) is 5.56 Å². The monoisotopic (exact) mass is 678 g/mol. The number of alkyl halides is 6. The van der Waals surface area contributed by atoms with Gasteiger partial charge >= 0.3 is 18.4 Å². The van der Waals surface area contributed by atoms with E-state index in [2.05, 4.69) is 15.2 Å². The Labute approximate surface area is 261 Å². The van der Waals surface area contributed by atoms with E-state index < -0.39 is 98.4 Å². The van der Waals surface area contributed by atoms with Gasteiger partial charge in [0.2, 0.25) is 5.60 Å². The number of amides is 1. The average Bonchev–Trinajstić information content (AvgIpc) is 3.44. The third-order valence-corrected chi connectivity index (χ3v) is 7.78. The van der Waals surface area contributed by atoms with Gasteiger partial charge in [0.15, 0.2) is 20.6 Å². The van der Waals surface area contributed by atoms with E-state index in [9.17, 15) is 39.6 Å². The number of carbonyl (C=O) groups is 1. The van der Waals surface area contributed by atoms with Crippen molar-refractivity contribution < 1.29 is 53.4 Å². The van der Waals surface area contributed by atoms with Crippen molar-refractivity contribution in [1.29, 1.82) is 0 Å². The van der Waals surface area contributed by atoms with Crippen molar-refractivity contribution in [3.63, 3.8) is 0 Å². The number of halogens is 6. The molecule has 0 saturated carbocycles. The molecule has 17 heteroatoms. The number of hydrogen-bond acceptors (Lipinski definition) is 9. The highest BCUT2D eigenvalue weighted by molar-refractivity contribution is 7.91. The van der Waals surface area contributed by atoms with Gasteiger partial charge in [0.25, 0.3) is 11.8 Å². The minimum absolute atomic E-state index is 0.265. The van der Waals surface area contributed by atoms with Crippen LogP contribution in [0, 0.1) is 0 Å². The van der Waals surface area contributed by atoms with Crippen molar-refractivity contribution in [2.24, 2.45) is 0 Å². The molecule has 1 aromatic carbocycles. The molecule has 0 aliphatic carbocycles. The number of hydrogen-bond donors (Lipinski definition) is 1. The number of carbonyl (C=O) groups excluding carboxylic acids is 1. The van der Waals surface area contributed by atoms with Gasteiger partial charge in [-0.2, -0.15) is 26.3 Å². The summed E-state index contributed by atoms with van der Waals surface area (Å²) in [6, 6.07) is 8.12. The number of benzene rings is 1. The number of nitrogens with zero attached hydrogens (tertiary/aromatic N) is 3. The van der Waals surface area contributed by atoms with Crippen LogP contribution < -0.4 is 5.32 Å². The summed E-state index contributed by atoms with van der Waals surface area (Å²) in [4.78, 5) is 16.2. The standard InChI is InChI=1S/C27H26F6N4O6S.C2H6/c1-24(2,3)43-23(38)34-18-14-17(26(28,29)30)21-35-19(18)20-36-37-22(42-20)25(27(31,32)33,12-8-5-9-13-44(21,39)40)41-15-16-10-6-4-7-11-16;1-2/h4-8,10-11,14H,9,12-13,15H2,1-3H3,(H,34,38);1-2H3/b8-5+;. The molecule has 0 fully saturated rings. The molecule has 1 aliphatic heterocycles. The molecular weight excluding hydrogens is 646 g/mol. The highest BCUT2D eigenvalue weighted by atomic mass is 32.2. The Bertz CT molecular complexity index is 1650. The average molecular weight is 679 g/mol. The Morgan fingerprint density at radius 2 is 1.67 bits per heavy atom. The molecule has 10 nitrogen and oxygen atoms in total. The van der Waals surface area contributed by atoms with Gasteiger partial charge in [-0.15, -0.1) is 10.2 Å². The summed E-state index contributed by atoms with van der Waals surface area (Å²) >= 11 is 0. The first kappa shape index (κ1) is 36.5. The number of aromatic nitrogens is 3. The zero-order chi connectivity index (χ0) is 34.6. The first-order chi connectivity index (χ1) is 21.3. The summed E-state index contributed by atoms with van der Waals surface area (Å²) in [5.74, 6) is -2.98. The zero-order valence-corrected chi connectivity index (χ0v) is 26.2. The number of fused-ring (bicyclic) bond motifs is 5. The second-order valence-electron chi connectivity index (χ2n) is 10.7. The Morgan fingerprint density at radius 3 is 2.26 bits per heavy atom. The first-order valence-corrected chi connectivity index (χ1v) is 15.6. The van der Waals surface area contributed by atoms with E-state index in [4.69, 9.17) is 13.9 Å². The Hall–Kier alpha value is -3.99. The second kappa shape index (κ2) is 13.8. The molecule has 46 heavy (non-hydrogen) atoms. The summed E-state index contributed by atoms with van der Waals surface area (Å²) in [5, 5.41) is 7.65. The minimum atomic E-state index is -5.28. The van der Waals surface area contributed by atoms with Gasteiger partial charge in [0, 0.05) is 6.42 Å². The lowest BCUT2D eigenvalue weighted by Crippen LogP contribution is -2.45. The van der Waals surface area contributed by atoms with Gasteiger partial charge in [0.1, 0.15) is 5.60 Å². The predicted octanol–water partition coefficient (Wildman–Crippen LogP) is 7.62. The molecular formula is C29H32F6N4O6S. The van der Waals surface area contributed by atoms with Crippen LogP contribution in [0.3, 0.4) is 0 Å². The number of allylic oxidation sites excluding steroid dienone is 1. The summed E-state index contributed by atoms with van der Waals surface area (Å²) in [6.07, 6.45) is -11.1. The van der Waals surface area contributed by atoms with Gasteiger partial charge in [-0.1, -0.05) is 56.3 Å². The first-order valence-electron chi connectivity index (χ1n) is 13.9. The number of nitrogens with one attached hydrogen (secondary N) is 1. The van der Waals surface area contributed by atoms with Crippen LogP contribution in [0.15, 0.2) is 58.0 Å². The molecule has 3 aromatic rings. The van der Waals surface area contributed by atoms with Crippen molar-refractivity contribution >= 4 is 21.6 Å². The number of pyridine rings is 1. The highest BCUT2D eigenvalue weighted by Gasteiger charge is 2.61. The molecule has 0 spiro atoms. The topological polar surface area (TPSA) is 134 Å². The molecule has 4 rings (SSSR count). The summed E-state index contributed by atoms with van der Waals surface area (Å²) in [5.41, 5.74) is -7.39. The largest absolute Gasteiger partial charge is 0.444 e. The van der Waals surface area contributed by atoms with E-state index in [-0.39, 0.29) is 6.07 Å². The van der Waals surface area contributed by atoms with Crippen LogP contribution in [0.1, 0.15) is 64.5 Å². The number of rotatable bonds is 4. The lowest BCUT2D eigenvalue weighted by Gasteiger charge is -2.31. The third-order valence-electron chi connectivity index (χ3n) is 6.11. The molecule has 0 radical (unpaired) electrons. The van der Waals surface area contributed by atoms with Gasteiger partial charge in [-0.05, 0) is 38.8 Å². The van der Waals surface area contributed by atoms with E-state index >= 15 is 0 Å². The Morgan fingerprint density at radius 1 is 1.02 bits per heavy atom. The van der Waals surface area contributed by atoms with Gasteiger partial charge in [-0.25, -0.2) is 18.2 Å². The molecule has 3 heterocycles. The maximum atomic E-state index is 14.8. The molecule has 1 unspecified atom stereocenters. The van der Waals surface area contributed by atoms with E-state index in [1.165, 1.54) is 32.9 Å². The van der Waals surface area contributed by atoms with Crippen molar-refractivity contribution in [1.82, 2.24) is 15.2 Å². The van der Waals surface area contributed by atoms with Gasteiger partial charge < -0.3 is 13.9 Å². The Kier molecular flexibility index (Phi) is 10.9. The number of anilines is 1. The highest BCUT2D eigenvalue weighted by Crippen LogP contribution is 2.47. The lowest BCUT2D eigenvalue weighted by molar-refractivity contribution is -0.295. The van der Waals surface area contributed by atoms with Crippen LogP contribution in [0.25, 0.3) is 11.6 Å². The van der Waals surface area contributed by atoms with Crippen LogP contribution >= 0.6 is 0 Å². The molecule has 252 valence electrons. The van der Waals surface area contributed by atoms with Crippen LogP contribution in [0.5, 0.6) is 0 Å². The third kappa shape index (κ3) is 8.43. The molecule has 1 N–H and O–H groups in total. The minimum Gasteiger partial charge on any atom is -0.444 e. The molecule has 2 aromatic heterocycles. The summed E-state index contributed by atoms with van der Waals surface area (Å²) < 4.78 is 129. The number of ether oxygens (including phenoxy) is 2. The van der Waals surface area contributed by atoms with Crippen molar-refractivity contribution in [2.75, 3.05) is 11.1 Å². The molecule has 1 aliphatic rings. The van der Waals surface area contributed by atoms with Crippen LogP contribution in [0.4, 0.5) is 36.8 Å². The second-order valence-corrected chi connectivity index (χ2v) is 12.7. The smallest absolute Gasteiger partial charge is 0.426 e. The molecule has 4 bridgehead atoms. The van der Waals surface area contributed by atoms with Crippen LogP contribution in [0.2, 0.25) is 0 Å². The number of sulfone groups is 1. The predicted molar refractivity (Wildman–Crippen MR) is 153 cm³/mol. The summed E-state index contributed by atoms with van der Waals surface area (Å²) in [6.45, 7) is 7.84. The van der Waals surface area contributed by atoms with Crippen molar-refractivity contribution in [3.05, 3.63) is 65.6 Å². The maximum Gasteiger partial charge on any atom is 0.426 e. The van der Waals surface area contributed by atoms with Crippen molar-refractivity contribution in [2.45, 2.75) is 82.6 Å². The summed E-state index contributed by atoms with van der Waals surface area (Å²) in [7, 11) is -4.80. The SMILES string of the molecule is CC.CC(C)(C)OC(=O)Nc1cc(C(F)(F)F)c2nc1-c1nnc(o1)C(OCc1ccccc1)(C(F)(F)F)C/C=C/CCS2(=O)=O. The molecule has 1 amide bonds. The fraction of sp³-hybridized carbons (Fsp3) is 0.448. The quantitative estimate of drug-likeness (QED) is 0.219. The van der Waals surface area contributed by atoms with Gasteiger partial charge in [-0.3, -0.25) is 5.32 Å². The van der Waals surface area contributed by atoms with Crippen molar-refractivity contribution in [3.8, 4) is 11.6 Å². The van der Waals surface area contributed by atoms with Crippen LogP contribution in [-0.4, -0.2) is 47.2 Å². The maximum absolute atomic E-state index is 14.8. The normalized spacial score (nSPS) is 18.9. The zero-order valence-electron chi connectivity index (χ0n) is 25.4. The Balaban J connectivity index is 0.00000282. The van der Waals surface area contributed by atoms with Gasteiger partial charge in [0.05, 0.1) is 23.6 Å². The lowest BCUT2D eigenvalue weighted by atomic mass is 9.97. The van der Waals surface area contributed by atoms with E-state index in [1.807, 2.05) is 19.2 Å². The van der Waals surface area contributed by atoms with E-state index in [1.54, 1.807) is 18.2 Å². The molecule has 0 saturated heterocycles. The van der Waals surface area contributed by atoms with Crippen LogP contribution in [-0.2, 0) is 37.7 Å². The fourth-order valence-electron chi connectivity index (χ4n) is 4.09. The molecule has 1 atom stereocenters.